The predicted octanol–water partition coefficient (Wildman–Crippen LogP) is 3.38. The van der Waals surface area contributed by atoms with E-state index in [1.807, 2.05) is 6.07 Å². The molecule has 3 aromatic rings. The highest BCUT2D eigenvalue weighted by atomic mass is 19.1. The van der Waals surface area contributed by atoms with E-state index in [0.29, 0.717) is 11.3 Å². The fourth-order valence-electron chi connectivity index (χ4n) is 2.10. The molecule has 0 unspecified atom stereocenters. The number of hydrogen-bond donors (Lipinski definition) is 1. The van der Waals surface area contributed by atoms with E-state index in [4.69, 9.17) is 0 Å². The third-order valence-electron chi connectivity index (χ3n) is 3.09. The first kappa shape index (κ1) is 13.1. The molecule has 0 radical (unpaired) electrons. The topological polar surface area (TPSA) is 55.1 Å². The summed E-state index contributed by atoms with van der Waals surface area (Å²) >= 11 is 0. The molecule has 0 amide bonds. The maximum Gasteiger partial charge on any atom is 0.339 e. The predicted molar refractivity (Wildman–Crippen MR) is 75.9 cm³/mol. The van der Waals surface area contributed by atoms with Gasteiger partial charge in [0.1, 0.15) is 22.8 Å². The van der Waals surface area contributed by atoms with Gasteiger partial charge in [0.05, 0.1) is 0 Å². The molecule has 0 spiro atoms. The van der Waals surface area contributed by atoms with Crippen molar-refractivity contribution in [2.24, 2.45) is 0 Å². The van der Waals surface area contributed by atoms with Crippen molar-refractivity contribution >= 4 is 5.97 Å². The van der Waals surface area contributed by atoms with Gasteiger partial charge in [0, 0.05) is 11.8 Å². The molecule has 3 rings (SSSR count). The maximum atomic E-state index is 13.8. The molecule has 0 aliphatic carbocycles. The zero-order valence-electron chi connectivity index (χ0n) is 10.9. The molecule has 0 atom stereocenters. The van der Waals surface area contributed by atoms with Gasteiger partial charge in [0.2, 0.25) is 0 Å². The number of nitrogens with zero attached hydrogens (tertiary/aromatic N) is 2. The van der Waals surface area contributed by atoms with E-state index >= 15 is 0 Å². The van der Waals surface area contributed by atoms with Crippen LogP contribution in [0.1, 0.15) is 10.4 Å². The fraction of sp³-hybridized carbons (Fsp3) is 0. The Labute approximate surface area is 120 Å². The van der Waals surface area contributed by atoms with Crippen molar-refractivity contribution in [3.05, 3.63) is 72.2 Å². The number of aromatic carboxylic acids is 1. The van der Waals surface area contributed by atoms with Crippen molar-refractivity contribution in [2.45, 2.75) is 0 Å². The first-order valence-electron chi connectivity index (χ1n) is 6.30. The van der Waals surface area contributed by atoms with Crippen molar-refractivity contribution in [1.82, 2.24) is 9.78 Å². The van der Waals surface area contributed by atoms with Crippen molar-refractivity contribution < 1.29 is 14.3 Å². The standard InChI is InChI=1S/C16H11FN2O2/c17-13-8-4-5-9-14(13)19-10-12(16(20)21)15(18-19)11-6-2-1-3-7-11/h1-10H,(H,20,21). The number of rotatable bonds is 3. The first-order valence-corrected chi connectivity index (χ1v) is 6.30. The van der Waals surface area contributed by atoms with E-state index in [-0.39, 0.29) is 11.3 Å². The molecular formula is C16H11FN2O2. The molecule has 1 heterocycles. The summed E-state index contributed by atoms with van der Waals surface area (Å²) in [7, 11) is 0. The Balaban J connectivity index is 2.18. The van der Waals surface area contributed by atoms with Gasteiger partial charge in [-0.2, -0.15) is 5.10 Å². The Morgan fingerprint density at radius 3 is 2.38 bits per heavy atom. The highest BCUT2D eigenvalue weighted by Crippen LogP contribution is 2.24. The number of halogens is 1. The molecule has 21 heavy (non-hydrogen) atoms. The van der Waals surface area contributed by atoms with Crippen LogP contribution in [0.4, 0.5) is 4.39 Å². The van der Waals surface area contributed by atoms with E-state index in [9.17, 15) is 14.3 Å². The molecule has 1 N–H and O–H groups in total. The van der Waals surface area contributed by atoms with Crippen LogP contribution in [-0.4, -0.2) is 20.9 Å². The number of hydrogen-bond acceptors (Lipinski definition) is 2. The quantitative estimate of drug-likeness (QED) is 0.801. The van der Waals surface area contributed by atoms with Crippen LogP contribution in [-0.2, 0) is 0 Å². The third kappa shape index (κ3) is 2.41. The summed E-state index contributed by atoms with van der Waals surface area (Å²) in [5.74, 6) is -1.56. The average molecular weight is 282 g/mol. The van der Waals surface area contributed by atoms with Gasteiger partial charge in [-0.3, -0.25) is 0 Å². The van der Waals surface area contributed by atoms with Crippen molar-refractivity contribution in [2.75, 3.05) is 0 Å². The summed E-state index contributed by atoms with van der Waals surface area (Å²) in [6.07, 6.45) is 1.32. The molecule has 0 bridgehead atoms. The Kier molecular flexibility index (Phi) is 3.23. The van der Waals surface area contributed by atoms with Crippen LogP contribution < -0.4 is 0 Å². The summed E-state index contributed by atoms with van der Waals surface area (Å²) in [6, 6.07) is 15.0. The van der Waals surface area contributed by atoms with E-state index in [1.165, 1.54) is 16.9 Å². The number of para-hydroxylation sites is 1. The lowest BCUT2D eigenvalue weighted by molar-refractivity contribution is 0.0697. The van der Waals surface area contributed by atoms with Crippen molar-refractivity contribution in [3.8, 4) is 16.9 Å². The number of carboxylic acids is 1. The largest absolute Gasteiger partial charge is 0.478 e. The molecular weight excluding hydrogens is 271 g/mol. The SMILES string of the molecule is O=C(O)c1cn(-c2ccccc2F)nc1-c1ccccc1. The second-order valence-corrected chi connectivity index (χ2v) is 4.46. The van der Waals surface area contributed by atoms with Crippen LogP contribution in [0.2, 0.25) is 0 Å². The van der Waals surface area contributed by atoms with Gasteiger partial charge >= 0.3 is 5.97 Å². The van der Waals surface area contributed by atoms with Crippen LogP contribution in [0.15, 0.2) is 60.8 Å². The highest BCUT2D eigenvalue weighted by molar-refractivity contribution is 5.94. The summed E-state index contributed by atoms with van der Waals surface area (Å²) in [5, 5.41) is 13.5. The zero-order valence-corrected chi connectivity index (χ0v) is 10.9. The lowest BCUT2D eigenvalue weighted by atomic mass is 10.1. The summed E-state index contributed by atoms with van der Waals surface area (Å²) in [5.41, 5.74) is 1.22. The second-order valence-electron chi connectivity index (χ2n) is 4.46. The molecule has 0 fully saturated rings. The minimum absolute atomic E-state index is 0.0319. The van der Waals surface area contributed by atoms with Gasteiger partial charge in [-0.05, 0) is 12.1 Å². The lowest BCUT2D eigenvalue weighted by Crippen LogP contribution is -1.98. The highest BCUT2D eigenvalue weighted by Gasteiger charge is 2.18. The van der Waals surface area contributed by atoms with E-state index in [2.05, 4.69) is 5.10 Å². The minimum Gasteiger partial charge on any atom is -0.478 e. The monoisotopic (exact) mass is 282 g/mol. The molecule has 104 valence electrons. The molecule has 1 aromatic heterocycles. The van der Waals surface area contributed by atoms with Crippen LogP contribution in [0, 0.1) is 5.82 Å². The Bertz CT molecular complexity index is 797. The smallest absolute Gasteiger partial charge is 0.339 e. The van der Waals surface area contributed by atoms with Gasteiger partial charge in [0.25, 0.3) is 0 Å². The normalized spacial score (nSPS) is 10.5. The Morgan fingerprint density at radius 1 is 1.05 bits per heavy atom. The zero-order chi connectivity index (χ0) is 14.8. The molecule has 0 saturated carbocycles. The van der Waals surface area contributed by atoms with Gasteiger partial charge in [-0.1, -0.05) is 42.5 Å². The first-order chi connectivity index (χ1) is 10.2. The Hall–Kier alpha value is -2.95. The second kappa shape index (κ2) is 5.20. The third-order valence-corrected chi connectivity index (χ3v) is 3.09. The van der Waals surface area contributed by atoms with Gasteiger partial charge < -0.3 is 5.11 Å². The van der Waals surface area contributed by atoms with E-state index in [0.717, 1.165) is 0 Å². The summed E-state index contributed by atoms with van der Waals surface area (Å²) < 4.78 is 15.1. The fourth-order valence-corrected chi connectivity index (χ4v) is 2.10. The van der Waals surface area contributed by atoms with Crippen LogP contribution >= 0.6 is 0 Å². The molecule has 4 nitrogen and oxygen atoms in total. The van der Waals surface area contributed by atoms with Crippen LogP contribution in [0.5, 0.6) is 0 Å². The van der Waals surface area contributed by atoms with Crippen LogP contribution in [0.25, 0.3) is 16.9 Å². The molecule has 2 aromatic carbocycles. The number of benzene rings is 2. The van der Waals surface area contributed by atoms with Crippen LogP contribution in [0.3, 0.4) is 0 Å². The summed E-state index contributed by atoms with van der Waals surface area (Å²) in [4.78, 5) is 11.4. The summed E-state index contributed by atoms with van der Waals surface area (Å²) in [6.45, 7) is 0. The number of aromatic nitrogens is 2. The van der Waals surface area contributed by atoms with E-state index in [1.54, 1.807) is 42.5 Å². The maximum absolute atomic E-state index is 13.8. The van der Waals surface area contributed by atoms with E-state index < -0.39 is 11.8 Å². The number of carbonyl (C=O) groups is 1. The number of carboxylic acid groups (broad SMARTS) is 1. The molecule has 0 aliphatic heterocycles. The molecule has 5 heteroatoms. The van der Waals surface area contributed by atoms with Crippen molar-refractivity contribution in [1.29, 1.82) is 0 Å². The van der Waals surface area contributed by atoms with Gasteiger partial charge in [0.15, 0.2) is 0 Å². The average Bonchev–Trinajstić information content (AvgIpc) is 2.94. The van der Waals surface area contributed by atoms with Crippen molar-refractivity contribution in [3.63, 3.8) is 0 Å². The molecule has 0 saturated heterocycles. The minimum atomic E-state index is -1.10. The Morgan fingerprint density at radius 2 is 1.71 bits per heavy atom. The van der Waals surface area contributed by atoms with Gasteiger partial charge in [-0.15, -0.1) is 0 Å². The lowest BCUT2D eigenvalue weighted by Gasteiger charge is -2.02. The van der Waals surface area contributed by atoms with Gasteiger partial charge in [-0.25, -0.2) is 13.9 Å². The molecule has 0 aliphatic rings.